The van der Waals surface area contributed by atoms with Gasteiger partial charge in [-0.3, -0.25) is 9.59 Å². The van der Waals surface area contributed by atoms with Gasteiger partial charge in [0.15, 0.2) is 5.78 Å². The fourth-order valence-electron chi connectivity index (χ4n) is 4.01. The summed E-state index contributed by atoms with van der Waals surface area (Å²) in [5.74, 6) is 0.538. The molecule has 0 aliphatic carbocycles. The second-order valence-electron chi connectivity index (χ2n) is 8.96. The summed E-state index contributed by atoms with van der Waals surface area (Å²) in [5, 5.41) is 9.34. The molecule has 2 aliphatic rings. The van der Waals surface area contributed by atoms with Gasteiger partial charge in [-0.05, 0) is 44.7 Å². The van der Waals surface area contributed by atoms with E-state index in [1.54, 1.807) is 6.08 Å². The van der Waals surface area contributed by atoms with Crippen LogP contribution < -0.4 is 4.74 Å². The summed E-state index contributed by atoms with van der Waals surface area (Å²) in [4.78, 5) is 27.7. The number of carbonyl (C=O) groups excluding carboxylic acids is 2. The Kier molecular flexibility index (Phi) is 5.34. The van der Waals surface area contributed by atoms with Gasteiger partial charge in [-0.15, -0.1) is 0 Å². The third-order valence-corrected chi connectivity index (χ3v) is 5.57. The Morgan fingerprint density at radius 2 is 1.96 bits per heavy atom. The number of carbonyl (C=O) groups is 2. The lowest BCUT2D eigenvalue weighted by molar-refractivity contribution is -0.123. The van der Waals surface area contributed by atoms with Crippen LogP contribution in [0.2, 0.25) is 0 Å². The normalized spacial score (nSPS) is 23.0. The van der Waals surface area contributed by atoms with Crippen LogP contribution in [0.5, 0.6) is 5.75 Å². The van der Waals surface area contributed by atoms with E-state index >= 15 is 0 Å². The van der Waals surface area contributed by atoms with E-state index in [2.05, 4.69) is 0 Å². The van der Waals surface area contributed by atoms with Crippen molar-refractivity contribution >= 4 is 11.7 Å². The molecule has 0 saturated carbocycles. The van der Waals surface area contributed by atoms with Crippen molar-refractivity contribution < 1.29 is 14.3 Å². The van der Waals surface area contributed by atoms with Gasteiger partial charge in [-0.2, -0.15) is 5.26 Å². The number of allylic oxidation sites excluding steroid dienone is 1. The van der Waals surface area contributed by atoms with Crippen molar-refractivity contribution in [3.63, 3.8) is 0 Å². The summed E-state index contributed by atoms with van der Waals surface area (Å²) in [6.07, 6.45) is 4.28. The van der Waals surface area contributed by atoms with Crippen LogP contribution in [-0.4, -0.2) is 35.3 Å². The van der Waals surface area contributed by atoms with E-state index in [-0.39, 0.29) is 22.9 Å². The van der Waals surface area contributed by atoms with Gasteiger partial charge >= 0.3 is 0 Å². The Hall–Kier alpha value is -2.61. The number of benzene rings is 1. The van der Waals surface area contributed by atoms with Crippen molar-refractivity contribution in [1.82, 2.24) is 4.90 Å². The molecule has 0 N–H and O–H groups in total. The van der Waals surface area contributed by atoms with E-state index in [4.69, 9.17) is 4.74 Å². The molecular weight excluding hydrogens is 352 g/mol. The van der Waals surface area contributed by atoms with Gasteiger partial charge in [0.1, 0.15) is 17.4 Å². The molecule has 3 rings (SSSR count). The number of para-hydroxylation sites is 1. The van der Waals surface area contributed by atoms with Crippen LogP contribution in [0.1, 0.15) is 62.9 Å². The molecular formula is C23H28N2O3. The minimum atomic E-state index is -0.602. The Morgan fingerprint density at radius 3 is 2.68 bits per heavy atom. The Morgan fingerprint density at radius 1 is 1.21 bits per heavy atom. The van der Waals surface area contributed by atoms with Crippen molar-refractivity contribution in [1.29, 1.82) is 5.26 Å². The number of nitriles is 1. The number of amides is 1. The summed E-state index contributed by atoms with van der Waals surface area (Å²) in [6.45, 7) is 8.85. The quantitative estimate of drug-likeness (QED) is 0.736. The van der Waals surface area contributed by atoms with Gasteiger partial charge in [0, 0.05) is 24.9 Å². The smallest absolute Gasteiger partial charge is 0.257 e. The molecule has 2 heterocycles. The molecule has 0 saturated heterocycles. The number of ether oxygens (including phenoxy) is 1. The maximum Gasteiger partial charge on any atom is 0.257 e. The molecule has 1 aromatic rings. The molecule has 5 heteroatoms. The Bertz CT molecular complexity index is 874. The van der Waals surface area contributed by atoms with Crippen molar-refractivity contribution in [2.24, 2.45) is 5.41 Å². The third kappa shape index (κ3) is 3.96. The molecule has 0 bridgehead atoms. The minimum Gasteiger partial charge on any atom is -0.486 e. The lowest BCUT2D eigenvalue weighted by Crippen LogP contribution is -2.35. The second kappa shape index (κ2) is 7.43. The van der Waals surface area contributed by atoms with E-state index in [9.17, 15) is 14.9 Å². The number of fused-ring (bicyclic) bond motifs is 1. The van der Waals surface area contributed by atoms with Gasteiger partial charge in [0.2, 0.25) is 0 Å². The average Bonchev–Trinajstić information content (AvgIpc) is 2.95. The highest BCUT2D eigenvalue weighted by atomic mass is 16.5. The highest BCUT2D eigenvalue weighted by Crippen LogP contribution is 2.38. The fourth-order valence-corrected chi connectivity index (χ4v) is 4.01. The first-order valence-corrected chi connectivity index (χ1v) is 9.90. The highest BCUT2D eigenvalue weighted by molar-refractivity contribution is 6.02. The number of rotatable bonds is 1. The van der Waals surface area contributed by atoms with Crippen molar-refractivity contribution in [3.8, 4) is 11.8 Å². The molecule has 28 heavy (non-hydrogen) atoms. The second-order valence-corrected chi connectivity index (χ2v) is 8.96. The first kappa shape index (κ1) is 20.1. The van der Waals surface area contributed by atoms with E-state index in [0.717, 1.165) is 12.0 Å². The topological polar surface area (TPSA) is 70.4 Å². The summed E-state index contributed by atoms with van der Waals surface area (Å²) in [6, 6.07) is 7.78. The van der Waals surface area contributed by atoms with Crippen LogP contribution in [0.25, 0.3) is 0 Å². The van der Waals surface area contributed by atoms with Crippen LogP contribution in [-0.2, 0) is 11.2 Å². The molecule has 0 radical (unpaired) electrons. The molecule has 0 spiro atoms. The molecule has 0 atom stereocenters. The predicted octanol–water partition coefficient (Wildman–Crippen LogP) is 4.07. The molecule has 0 unspecified atom stereocenters. The zero-order valence-corrected chi connectivity index (χ0v) is 17.2. The average molecular weight is 380 g/mol. The van der Waals surface area contributed by atoms with Crippen molar-refractivity contribution in [2.75, 3.05) is 13.1 Å². The Balaban J connectivity index is 1.86. The standard InChI is InChI=1S/C23H28N2O3/c1-22(2)11-7-13-25(12-6-9-17(15-24)20(22)26)21(27)18-10-5-8-16-14-23(3,4)28-19(16)18/h5,8-10H,6-7,11-14H2,1-4H3/b17-9-. The molecule has 1 amide bonds. The first-order valence-electron chi connectivity index (χ1n) is 9.90. The molecule has 5 nitrogen and oxygen atoms in total. The van der Waals surface area contributed by atoms with Crippen LogP contribution in [0, 0.1) is 16.7 Å². The number of nitrogens with zero attached hydrogens (tertiary/aromatic N) is 2. The summed E-state index contributed by atoms with van der Waals surface area (Å²) < 4.78 is 6.07. The van der Waals surface area contributed by atoms with Gasteiger partial charge < -0.3 is 9.64 Å². The van der Waals surface area contributed by atoms with Gasteiger partial charge in [-0.25, -0.2) is 0 Å². The van der Waals surface area contributed by atoms with E-state index < -0.39 is 5.41 Å². The zero-order valence-electron chi connectivity index (χ0n) is 17.2. The predicted molar refractivity (Wildman–Crippen MR) is 107 cm³/mol. The van der Waals surface area contributed by atoms with Crippen molar-refractivity contribution in [2.45, 2.75) is 59.0 Å². The summed E-state index contributed by atoms with van der Waals surface area (Å²) in [7, 11) is 0. The Labute approximate surface area is 167 Å². The fraction of sp³-hybridized carbons (Fsp3) is 0.522. The number of hydrogen-bond acceptors (Lipinski definition) is 4. The number of hydrogen-bond donors (Lipinski definition) is 0. The van der Waals surface area contributed by atoms with E-state index in [0.29, 0.717) is 43.7 Å². The molecule has 1 aromatic carbocycles. The van der Waals surface area contributed by atoms with E-state index in [1.807, 2.05) is 56.9 Å². The SMILES string of the molecule is CC1(C)Cc2cccc(C(=O)N3CC/C=C(/C#N)C(=O)C(C)(C)CCC3)c2O1. The van der Waals surface area contributed by atoms with Crippen molar-refractivity contribution in [3.05, 3.63) is 41.0 Å². The number of ketones is 1. The van der Waals surface area contributed by atoms with Crippen LogP contribution >= 0.6 is 0 Å². The molecule has 0 aromatic heterocycles. The highest BCUT2D eigenvalue weighted by Gasteiger charge is 2.35. The third-order valence-electron chi connectivity index (χ3n) is 5.57. The zero-order chi connectivity index (χ0) is 20.5. The van der Waals surface area contributed by atoms with Crippen LogP contribution in [0.15, 0.2) is 29.8 Å². The lowest BCUT2D eigenvalue weighted by Gasteiger charge is -2.28. The first-order chi connectivity index (χ1) is 13.1. The maximum atomic E-state index is 13.3. The number of Topliss-reactive ketones (excluding diaryl/α,β-unsaturated/α-hetero) is 1. The molecule has 148 valence electrons. The maximum absolute atomic E-state index is 13.3. The monoisotopic (exact) mass is 380 g/mol. The summed E-state index contributed by atoms with van der Waals surface area (Å²) in [5.41, 5.74) is 0.953. The lowest BCUT2D eigenvalue weighted by atomic mass is 9.79. The minimum absolute atomic E-state index is 0.0498. The van der Waals surface area contributed by atoms with Gasteiger partial charge in [0.25, 0.3) is 5.91 Å². The molecule has 2 aliphatic heterocycles. The largest absolute Gasteiger partial charge is 0.486 e. The summed E-state index contributed by atoms with van der Waals surface area (Å²) >= 11 is 0. The molecule has 0 fully saturated rings. The van der Waals surface area contributed by atoms with Gasteiger partial charge in [0.05, 0.1) is 11.1 Å². The van der Waals surface area contributed by atoms with E-state index in [1.165, 1.54) is 0 Å². The van der Waals surface area contributed by atoms with Crippen LogP contribution in [0.4, 0.5) is 0 Å². The van der Waals surface area contributed by atoms with Gasteiger partial charge in [-0.1, -0.05) is 32.1 Å². The van der Waals surface area contributed by atoms with Crippen LogP contribution in [0.3, 0.4) is 0 Å².